The van der Waals surface area contributed by atoms with Crippen molar-refractivity contribution in [2.45, 2.75) is 44.7 Å². The van der Waals surface area contributed by atoms with Crippen LogP contribution < -0.4 is 11.1 Å². The molecular formula is C13H22N4. The van der Waals surface area contributed by atoms with Gasteiger partial charge in [0.1, 0.15) is 5.82 Å². The van der Waals surface area contributed by atoms with E-state index in [1.165, 1.54) is 30.8 Å². The van der Waals surface area contributed by atoms with Crippen molar-refractivity contribution in [2.24, 2.45) is 11.7 Å². The molecule has 0 radical (unpaired) electrons. The van der Waals surface area contributed by atoms with E-state index in [1.807, 2.05) is 0 Å². The number of imidazole rings is 1. The molecule has 4 nitrogen and oxygen atoms in total. The van der Waals surface area contributed by atoms with Gasteiger partial charge in [0.25, 0.3) is 0 Å². The standard InChI is InChI=1S/C13H22N4/c14-12-2-1-3-13-16-11(9-17(12)13)8-10-4-6-15-7-5-10/h9-10,12,15H,1-8,14H2. The fourth-order valence-corrected chi connectivity index (χ4v) is 3.05. The normalized spacial score (nSPS) is 25.8. The number of hydrogen-bond acceptors (Lipinski definition) is 3. The smallest absolute Gasteiger partial charge is 0.110 e. The Morgan fingerprint density at radius 2 is 2.18 bits per heavy atom. The lowest BCUT2D eigenvalue weighted by Gasteiger charge is -2.21. The zero-order valence-corrected chi connectivity index (χ0v) is 10.4. The van der Waals surface area contributed by atoms with E-state index in [2.05, 4.69) is 16.1 Å². The highest BCUT2D eigenvalue weighted by molar-refractivity contribution is 5.08. The van der Waals surface area contributed by atoms with Crippen LogP contribution in [0.15, 0.2) is 6.20 Å². The quantitative estimate of drug-likeness (QED) is 0.809. The maximum atomic E-state index is 6.11. The van der Waals surface area contributed by atoms with E-state index >= 15 is 0 Å². The molecule has 0 bridgehead atoms. The maximum Gasteiger partial charge on any atom is 0.110 e. The lowest BCUT2D eigenvalue weighted by Crippen LogP contribution is -2.28. The first-order valence-electron chi connectivity index (χ1n) is 6.86. The number of aryl methyl sites for hydroxylation is 1. The third-order valence-electron chi connectivity index (χ3n) is 4.07. The Kier molecular flexibility index (Phi) is 3.16. The van der Waals surface area contributed by atoms with Gasteiger partial charge in [-0.15, -0.1) is 0 Å². The Balaban J connectivity index is 1.71. The van der Waals surface area contributed by atoms with Gasteiger partial charge in [-0.2, -0.15) is 0 Å². The maximum absolute atomic E-state index is 6.11. The molecule has 2 aliphatic rings. The summed E-state index contributed by atoms with van der Waals surface area (Å²) >= 11 is 0. The summed E-state index contributed by atoms with van der Waals surface area (Å²) in [7, 11) is 0. The highest BCUT2D eigenvalue weighted by atomic mass is 15.2. The van der Waals surface area contributed by atoms with E-state index in [0.29, 0.717) is 0 Å². The minimum Gasteiger partial charge on any atom is -0.319 e. The molecule has 1 atom stereocenters. The summed E-state index contributed by atoms with van der Waals surface area (Å²) in [5.41, 5.74) is 7.36. The molecule has 1 saturated heterocycles. The Morgan fingerprint density at radius 3 is 2.94 bits per heavy atom. The molecule has 17 heavy (non-hydrogen) atoms. The molecule has 3 heterocycles. The van der Waals surface area contributed by atoms with E-state index in [9.17, 15) is 0 Å². The van der Waals surface area contributed by atoms with Gasteiger partial charge in [0.05, 0.1) is 11.9 Å². The van der Waals surface area contributed by atoms with Crippen molar-refractivity contribution in [3.63, 3.8) is 0 Å². The van der Waals surface area contributed by atoms with Gasteiger partial charge in [-0.05, 0) is 51.1 Å². The van der Waals surface area contributed by atoms with E-state index in [4.69, 9.17) is 10.7 Å². The highest BCUT2D eigenvalue weighted by Crippen LogP contribution is 2.23. The number of nitrogens with two attached hydrogens (primary N) is 1. The molecule has 3 rings (SSSR count). The number of piperidine rings is 1. The van der Waals surface area contributed by atoms with E-state index in [0.717, 1.165) is 38.3 Å². The highest BCUT2D eigenvalue weighted by Gasteiger charge is 2.20. The summed E-state index contributed by atoms with van der Waals surface area (Å²) in [6.07, 6.45) is 9.44. The summed E-state index contributed by atoms with van der Waals surface area (Å²) < 4.78 is 2.19. The number of rotatable bonds is 2. The summed E-state index contributed by atoms with van der Waals surface area (Å²) in [6.45, 7) is 2.33. The predicted octanol–water partition coefficient (Wildman–Crippen LogP) is 1.22. The first-order valence-corrected chi connectivity index (χ1v) is 6.86. The predicted molar refractivity (Wildman–Crippen MR) is 67.7 cm³/mol. The molecule has 0 saturated carbocycles. The molecule has 0 spiro atoms. The van der Waals surface area contributed by atoms with Crippen molar-refractivity contribution in [1.29, 1.82) is 0 Å². The van der Waals surface area contributed by atoms with Gasteiger partial charge in [-0.3, -0.25) is 0 Å². The third-order valence-corrected chi connectivity index (χ3v) is 4.07. The molecule has 1 unspecified atom stereocenters. The van der Waals surface area contributed by atoms with Crippen molar-refractivity contribution in [3.05, 3.63) is 17.7 Å². The molecule has 2 aliphatic heterocycles. The number of hydrogen-bond donors (Lipinski definition) is 2. The molecule has 4 heteroatoms. The Hall–Kier alpha value is -0.870. The lowest BCUT2D eigenvalue weighted by molar-refractivity contribution is 0.370. The molecule has 1 aromatic heterocycles. The van der Waals surface area contributed by atoms with Crippen molar-refractivity contribution >= 4 is 0 Å². The van der Waals surface area contributed by atoms with Gasteiger partial charge >= 0.3 is 0 Å². The second kappa shape index (κ2) is 4.78. The molecule has 94 valence electrons. The Labute approximate surface area is 103 Å². The van der Waals surface area contributed by atoms with Gasteiger partial charge in [0, 0.05) is 12.6 Å². The minimum atomic E-state index is 0.160. The van der Waals surface area contributed by atoms with Crippen LogP contribution in [0.4, 0.5) is 0 Å². The molecule has 1 aromatic rings. The molecule has 0 aromatic carbocycles. The summed E-state index contributed by atoms with van der Waals surface area (Å²) in [4.78, 5) is 4.76. The van der Waals surface area contributed by atoms with Crippen LogP contribution >= 0.6 is 0 Å². The van der Waals surface area contributed by atoms with Gasteiger partial charge in [-0.25, -0.2) is 4.98 Å². The Morgan fingerprint density at radius 1 is 1.35 bits per heavy atom. The second-order valence-corrected chi connectivity index (χ2v) is 5.41. The number of aromatic nitrogens is 2. The summed E-state index contributed by atoms with van der Waals surface area (Å²) in [5, 5.41) is 3.41. The SMILES string of the molecule is NC1CCCc2nc(CC3CCNCC3)cn21. The largest absolute Gasteiger partial charge is 0.319 e. The van der Waals surface area contributed by atoms with Crippen LogP contribution in [-0.4, -0.2) is 22.6 Å². The minimum absolute atomic E-state index is 0.160. The van der Waals surface area contributed by atoms with Crippen LogP contribution in [-0.2, 0) is 12.8 Å². The molecule has 1 fully saturated rings. The topological polar surface area (TPSA) is 55.9 Å². The first-order chi connectivity index (χ1) is 8.33. The van der Waals surface area contributed by atoms with Crippen LogP contribution in [0.5, 0.6) is 0 Å². The zero-order valence-electron chi connectivity index (χ0n) is 10.4. The van der Waals surface area contributed by atoms with Gasteiger partial charge < -0.3 is 15.6 Å². The van der Waals surface area contributed by atoms with E-state index in [-0.39, 0.29) is 6.17 Å². The number of fused-ring (bicyclic) bond motifs is 1. The van der Waals surface area contributed by atoms with Crippen LogP contribution in [0.3, 0.4) is 0 Å². The van der Waals surface area contributed by atoms with Crippen LogP contribution in [0, 0.1) is 5.92 Å². The van der Waals surface area contributed by atoms with E-state index in [1.54, 1.807) is 0 Å². The van der Waals surface area contributed by atoms with E-state index < -0.39 is 0 Å². The number of nitrogens with one attached hydrogen (secondary N) is 1. The van der Waals surface area contributed by atoms with Crippen LogP contribution in [0.25, 0.3) is 0 Å². The van der Waals surface area contributed by atoms with Gasteiger partial charge in [-0.1, -0.05) is 0 Å². The Bertz CT molecular complexity index is 379. The molecule has 0 amide bonds. The molecule has 3 N–H and O–H groups in total. The monoisotopic (exact) mass is 234 g/mol. The fourth-order valence-electron chi connectivity index (χ4n) is 3.05. The average molecular weight is 234 g/mol. The summed E-state index contributed by atoms with van der Waals surface area (Å²) in [5.74, 6) is 2.01. The van der Waals surface area contributed by atoms with Crippen molar-refractivity contribution in [1.82, 2.24) is 14.9 Å². The average Bonchev–Trinajstić information content (AvgIpc) is 2.74. The fraction of sp³-hybridized carbons (Fsp3) is 0.769. The van der Waals surface area contributed by atoms with Crippen molar-refractivity contribution < 1.29 is 0 Å². The van der Waals surface area contributed by atoms with Crippen LogP contribution in [0.1, 0.15) is 43.4 Å². The second-order valence-electron chi connectivity index (χ2n) is 5.41. The van der Waals surface area contributed by atoms with Crippen molar-refractivity contribution in [2.75, 3.05) is 13.1 Å². The molecule has 0 aliphatic carbocycles. The van der Waals surface area contributed by atoms with Crippen LogP contribution in [0.2, 0.25) is 0 Å². The summed E-state index contributed by atoms with van der Waals surface area (Å²) in [6, 6.07) is 0. The van der Waals surface area contributed by atoms with Gasteiger partial charge in [0.15, 0.2) is 0 Å². The molecular weight excluding hydrogens is 212 g/mol. The lowest BCUT2D eigenvalue weighted by atomic mass is 9.93. The first kappa shape index (κ1) is 11.2. The number of nitrogens with zero attached hydrogens (tertiary/aromatic N) is 2. The third kappa shape index (κ3) is 2.38. The zero-order chi connectivity index (χ0) is 11.7. The van der Waals surface area contributed by atoms with Gasteiger partial charge in [0.2, 0.25) is 0 Å². The van der Waals surface area contributed by atoms with Crippen molar-refractivity contribution in [3.8, 4) is 0 Å².